The highest BCUT2D eigenvalue weighted by molar-refractivity contribution is 7.09. The summed E-state index contributed by atoms with van der Waals surface area (Å²) in [5.74, 6) is -1.01. The van der Waals surface area contributed by atoms with E-state index < -0.39 is 5.97 Å². The number of ether oxygens (including phenoxy) is 1. The number of carbonyl (C=O) groups is 2. The van der Waals surface area contributed by atoms with Crippen LogP contribution in [-0.2, 0) is 20.9 Å². The summed E-state index contributed by atoms with van der Waals surface area (Å²) in [5, 5.41) is 10.9. The molecule has 1 fully saturated rings. The number of thiophene rings is 1. The Morgan fingerprint density at radius 3 is 2.67 bits per heavy atom. The second-order valence-corrected chi connectivity index (χ2v) is 6.48. The fourth-order valence-corrected chi connectivity index (χ4v) is 3.26. The lowest BCUT2D eigenvalue weighted by Crippen LogP contribution is -2.33. The molecular weight excluding hydrogens is 290 g/mol. The SMILES string of the molecule is CN(Cc1cccs1)C(=O)COC1CCC(C(=O)O)CC1. The molecule has 0 atom stereocenters. The lowest BCUT2D eigenvalue weighted by Gasteiger charge is -2.26. The molecule has 6 heteroatoms. The second-order valence-electron chi connectivity index (χ2n) is 5.45. The summed E-state index contributed by atoms with van der Waals surface area (Å²) in [6.45, 7) is 0.676. The van der Waals surface area contributed by atoms with Gasteiger partial charge < -0.3 is 14.7 Å². The van der Waals surface area contributed by atoms with E-state index >= 15 is 0 Å². The number of hydrogen-bond donors (Lipinski definition) is 1. The van der Waals surface area contributed by atoms with Crippen LogP contribution in [0.2, 0.25) is 0 Å². The largest absolute Gasteiger partial charge is 0.481 e. The van der Waals surface area contributed by atoms with E-state index in [1.165, 1.54) is 0 Å². The van der Waals surface area contributed by atoms with Crippen LogP contribution >= 0.6 is 11.3 Å². The molecule has 1 amide bonds. The first-order chi connectivity index (χ1) is 10.1. The standard InChI is InChI=1S/C15H21NO4S/c1-16(9-13-3-2-8-21-13)14(17)10-20-12-6-4-11(5-7-12)15(18)19/h2-3,8,11-12H,4-7,9-10H2,1H3,(H,18,19). The van der Waals surface area contributed by atoms with Gasteiger partial charge in [-0.2, -0.15) is 0 Å². The second kappa shape index (κ2) is 7.56. The number of nitrogens with zero attached hydrogens (tertiary/aromatic N) is 1. The topological polar surface area (TPSA) is 66.8 Å². The van der Waals surface area contributed by atoms with Gasteiger partial charge in [-0.1, -0.05) is 6.07 Å². The monoisotopic (exact) mass is 311 g/mol. The molecule has 0 radical (unpaired) electrons. The van der Waals surface area contributed by atoms with Gasteiger partial charge in [0, 0.05) is 11.9 Å². The van der Waals surface area contributed by atoms with Crippen LogP contribution < -0.4 is 0 Å². The molecule has 0 bridgehead atoms. The van der Waals surface area contributed by atoms with Crippen LogP contribution in [0, 0.1) is 5.92 Å². The minimum Gasteiger partial charge on any atom is -0.481 e. The fourth-order valence-electron chi connectivity index (χ4n) is 2.50. The Morgan fingerprint density at radius 2 is 2.10 bits per heavy atom. The van der Waals surface area contributed by atoms with Crippen molar-refractivity contribution in [1.29, 1.82) is 0 Å². The molecule has 0 aromatic carbocycles. The van der Waals surface area contributed by atoms with Crippen LogP contribution in [0.15, 0.2) is 17.5 Å². The third kappa shape index (κ3) is 4.82. The van der Waals surface area contributed by atoms with Crippen molar-refractivity contribution in [2.24, 2.45) is 5.92 Å². The number of aliphatic carboxylic acids is 1. The molecule has 1 aliphatic rings. The third-order valence-corrected chi connectivity index (χ3v) is 4.73. The normalized spacial score (nSPS) is 22.0. The van der Waals surface area contributed by atoms with Gasteiger partial charge in [0.25, 0.3) is 0 Å². The Labute approximate surface area is 128 Å². The molecule has 0 saturated heterocycles. The molecule has 1 saturated carbocycles. The van der Waals surface area contributed by atoms with Crippen molar-refractivity contribution >= 4 is 23.2 Å². The van der Waals surface area contributed by atoms with Crippen molar-refractivity contribution in [3.63, 3.8) is 0 Å². The summed E-state index contributed by atoms with van der Waals surface area (Å²) in [6.07, 6.45) is 2.73. The number of carboxylic acid groups (broad SMARTS) is 1. The van der Waals surface area contributed by atoms with E-state index in [1.807, 2.05) is 17.5 Å². The maximum atomic E-state index is 12.0. The number of carboxylic acids is 1. The highest BCUT2D eigenvalue weighted by Crippen LogP contribution is 2.26. The van der Waals surface area contributed by atoms with E-state index in [0.29, 0.717) is 19.4 Å². The molecule has 116 valence electrons. The van der Waals surface area contributed by atoms with Crippen LogP contribution in [0.1, 0.15) is 30.6 Å². The quantitative estimate of drug-likeness (QED) is 0.876. The summed E-state index contributed by atoms with van der Waals surface area (Å²) in [6, 6.07) is 3.97. The van der Waals surface area contributed by atoms with E-state index in [1.54, 1.807) is 23.3 Å². The molecule has 5 nitrogen and oxygen atoms in total. The van der Waals surface area contributed by atoms with Crippen LogP contribution in [0.5, 0.6) is 0 Å². The van der Waals surface area contributed by atoms with Crippen molar-refractivity contribution in [1.82, 2.24) is 4.90 Å². The Kier molecular flexibility index (Phi) is 5.76. The smallest absolute Gasteiger partial charge is 0.306 e. The van der Waals surface area contributed by atoms with Crippen molar-refractivity contribution in [3.05, 3.63) is 22.4 Å². The predicted octanol–water partition coefficient (Wildman–Crippen LogP) is 2.37. The van der Waals surface area contributed by atoms with Gasteiger partial charge in [0.15, 0.2) is 0 Å². The first kappa shape index (κ1) is 16.0. The van der Waals surface area contributed by atoms with E-state index in [2.05, 4.69) is 0 Å². The van der Waals surface area contributed by atoms with Gasteiger partial charge in [0.2, 0.25) is 5.91 Å². The first-order valence-electron chi connectivity index (χ1n) is 7.17. The average Bonchev–Trinajstić information content (AvgIpc) is 2.98. The molecule has 0 unspecified atom stereocenters. The van der Waals surface area contributed by atoms with Crippen molar-refractivity contribution < 1.29 is 19.4 Å². The van der Waals surface area contributed by atoms with E-state index in [-0.39, 0.29) is 24.5 Å². The van der Waals surface area contributed by atoms with E-state index in [0.717, 1.165) is 17.7 Å². The highest BCUT2D eigenvalue weighted by Gasteiger charge is 2.26. The van der Waals surface area contributed by atoms with Gasteiger partial charge in [-0.15, -0.1) is 11.3 Å². The first-order valence-corrected chi connectivity index (χ1v) is 8.05. The van der Waals surface area contributed by atoms with E-state index in [4.69, 9.17) is 9.84 Å². The minimum absolute atomic E-state index is 0.0136. The van der Waals surface area contributed by atoms with Gasteiger partial charge in [-0.3, -0.25) is 9.59 Å². The van der Waals surface area contributed by atoms with Crippen molar-refractivity contribution in [3.8, 4) is 0 Å². The zero-order valence-electron chi connectivity index (χ0n) is 12.2. The summed E-state index contributed by atoms with van der Waals surface area (Å²) >= 11 is 1.63. The molecule has 1 heterocycles. The fraction of sp³-hybridized carbons (Fsp3) is 0.600. The molecule has 2 rings (SSSR count). The van der Waals surface area contributed by atoms with Gasteiger partial charge in [-0.25, -0.2) is 0 Å². The number of amides is 1. The molecule has 21 heavy (non-hydrogen) atoms. The van der Waals surface area contributed by atoms with Crippen LogP contribution in [0.4, 0.5) is 0 Å². The molecule has 1 aromatic rings. The lowest BCUT2D eigenvalue weighted by atomic mass is 9.87. The van der Waals surface area contributed by atoms with Gasteiger partial charge >= 0.3 is 5.97 Å². The molecule has 1 N–H and O–H groups in total. The highest BCUT2D eigenvalue weighted by atomic mass is 32.1. The Bertz CT molecular complexity index is 466. The van der Waals surface area contributed by atoms with Gasteiger partial charge in [-0.05, 0) is 37.1 Å². The predicted molar refractivity (Wildman–Crippen MR) is 80.1 cm³/mol. The molecule has 1 aromatic heterocycles. The number of rotatable bonds is 6. The Morgan fingerprint density at radius 1 is 1.38 bits per heavy atom. The third-order valence-electron chi connectivity index (χ3n) is 3.86. The molecular formula is C15H21NO4S. The summed E-state index contributed by atoms with van der Waals surface area (Å²) in [7, 11) is 1.77. The van der Waals surface area contributed by atoms with Crippen LogP contribution in [-0.4, -0.2) is 41.6 Å². The summed E-state index contributed by atoms with van der Waals surface area (Å²) in [4.78, 5) is 25.7. The number of likely N-dealkylation sites (N-methyl/N-ethyl adjacent to an activating group) is 1. The summed E-state index contributed by atoms with van der Waals surface area (Å²) in [5.41, 5.74) is 0. The zero-order valence-corrected chi connectivity index (χ0v) is 13.0. The van der Waals surface area contributed by atoms with Crippen molar-refractivity contribution in [2.45, 2.75) is 38.3 Å². The minimum atomic E-state index is -0.722. The Hall–Kier alpha value is -1.40. The van der Waals surface area contributed by atoms with E-state index in [9.17, 15) is 9.59 Å². The van der Waals surface area contributed by atoms with Crippen LogP contribution in [0.3, 0.4) is 0 Å². The number of hydrogen-bond acceptors (Lipinski definition) is 4. The average molecular weight is 311 g/mol. The maximum Gasteiger partial charge on any atom is 0.306 e. The van der Waals surface area contributed by atoms with Gasteiger partial charge in [0.1, 0.15) is 6.61 Å². The van der Waals surface area contributed by atoms with Crippen LogP contribution in [0.25, 0.3) is 0 Å². The molecule has 1 aliphatic carbocycles. The zero-order chi connectivity index (χ0) is 15.2. The van der Waals surface area contributed by atoms with Crippen molar-refractivity contribution in [2.75, 3.05) is 13.7 Å². The number of carbonyl (C=O) groups excluding carboxylic acids is 1. The maximum absolute atomic E-state index is 12.0. The summed E-state index contributed by atoms with van der Waals surface area (Å²) < 4.78 is 5.63. The molecule has 0 aliphatic heterocycles. The Balaban J connectivity index is 1.68. The van der Waals surface area contributed by atoms with Gasteiger partial charge in [0.05, 0.1) is 18.6 Å². The lowest BCUT2D eigenvalue weighted by molar-refractivity contribution is -0.145. The molecule has 0 spiro atoms.